The molecule has 0 aromatic rings. The minimum atomic E-state index is -3.92. The molecule has 1 unspecified atom stereocenters. The van der Waals surface area contributed by atoms with E-state index in [1.54, 1.807) is 0 Å². The first-order valence-corrected chi connectivity index (χ1v) is 4.70. The van der Waals surface area contributed by atoms with Crippen LogP contribution < -0.4 is 0 Å². The van der Waals surface area contributed by atoms with E-state index in [4.69, 9.17) is 5.11 Å². The van der Waals surface area contributed by atoms with E-state index in [1.165, 1.54) is 0 Å². The number of hydrogen-bond acceptors (Lipinski definition) is 7. The number of aliphatic hydroxyl groups excluding tert-OH is 1. The van der Waals surface area contributed by atoms with Gasteiger partial charge in [0, 0.05) is 0 Å². The summed E-state index contributed by atoms with van der Waals surface area (Å²) in [6.07, 6.45) is -1.05. The van der Waals surface area contributed by atoms with Crippen LogP contribution in [0.5, 0.6) is 0 Å². The summed E-state index contributed by atoms with van der Waals surface area (Å²) in [6, 6.07) is 0. The van der Waals surface area contributed by atoms with Crippen molar-refractivity contribution in [1.29, 1.82) is 0 Å². The van der Waals surface area contributed by atoms with Crippen molar-refractivity contribution in [2.45, 2.75) is 6.10 Å². The summed E-state index contributed by atoms with van der Waals surface area (Å²) < 4.78 is 24.1. The number of rotatable bonds is 7. The molecular weight excluding hydrogens is 203 g/mol. The normalized spacial score (nSPS) is 14.5. The second kappa shape index (κ2) is 6.44. The molecule has 0 heterocycles. The first-order valence-electron chi connectivity index (χ1n) is 3.24. The van der Waals surface area contributed by atoms with Gasteiger partial charge in [-0.2, -0.15) is 0 Å². The maximum Gasteiger partial charge on any atom is 0.529 e. The van der Waals surface area contributed by atoms with Crippen molar-refractivity contribution in [3.8, 4) is 0 Å². The molecule has 0 aliphatic heterocycles. The Balaban J connectivity index is 3.99. The lowest BCUT2D eigenvalue weighted by Gasteiger charge is -2.13. The summed E-state index contributed by atoms with van der Waals surface area (Å²) in [4.78, 5) is 8.19. The van der Waals surface area contributed by atoms with Crippen molar-refractivity contribution in [2.75, 3.05) is 20.8 Å². The predicted octanol–water partition coefficient (Wildman–Crippen LogP) is 0.462. The maximum absolute atomic E-state index is 11.3. The molecule has 1 radical (unpaired) electrons. The summed E-state index contributed by atoms with van der Waals surface area (Å²) in [6.45, 7) is 2.85. The predicted molar refractivity (Wildman–Crippen MR) is 41.1 cm³/mol. The average Bonchev–Trinajstić information content (AvgIpc) is 2.02. The number of aliphatic hydroxyl groups is 1. The molecule has 0 saturated heterocycles. The highest BCUT2D eigenvalue weighted by Crippen LogP contribution is 2.49. The Bertz CT molecular complexity index is 160. The zero-order valence-corrected chi connectivity index (χ0v) is 8.23. The quantitative estimate of drug-likeness (QED) is 0.375. The smallest absolute Gasteiger partial charge is 0.391 e. The van der Waals surface area contributed by atoms with Crippen LogP contribution in [0, 0.1) is 6.92 Å². The molecule has 7 nitrogen and oxygen atoms in total. The van der Waals surface area contributed by atoms with E-state index in [9.17, 15) is 4.57 Å². The Hall–Kier alpha value is -0.0100. The maximum atomic E-state index is 11.3. The molecule has 1 N–H and O–H groups in total. The highest BCUT2D eigenvalue weighted by Gasteiger charge is 2.29. The van der Waals surface area contributed by atoms with Crippen LogP contribution in [0.25, 0.3) is 0 Å². The molecule has 0 spiro atoms. The Morgan fingerprint density at radius 3 is 2.15 bits per heavy atom. The highest BCUT2D eigenvalue weighted by atomic mass is 31.2. The Labute approximate surface area is 76.0 Å². The molecule has 13 heavy (non-hydrogen) atoms. The second-order valence-corrected chi connectivity index (χ2v) is 3.33. The molecule has 0 aliphatic rings. The molecule has 0 aromatic carbocycles. The van der Waals surface area contributed by atoms with E-state index in [-0.39, 0.29) is 6.61 Å². The first kappa shape index (κ1) is 13.0. The molecule has 0 aromatic heterocycles. The van der Waals surface area contributed by atoms with Crippen molar-refractivity contribution in [3.63, 3.8) is 0 Å². The van der Waals surface area contributed by atoms with Crippen molar-refractivity contribution >= 4 is 7.82 Å². The van der Waals surface area contributed by atoms with Crippen LogP contribution in [-0.4, -0.2) is 32.0 Å². The monoisotopic (exact) mass is 215 g/mol. The van der Waals surface area contributed by atoms with Gasteiger partial charge in [-0.1, -0.05) is 0 Å². The number of phosphoric acid groups is 1. The fourth-order valence-corrected chi connectivity index (χ4v) is 1.25. The van der Waals surface area contributed by atoms with Gasteiger partial charge in [0.1, 0.15) is 0 Å². The van der Waals surface area contributed by atoms with Gasteiger partial charge in [0.2, 0.25) is 0 Å². The van der Waals surface area contributed by atoms with Gasteiger partial charge >= 0.3 is 7.82 Å². The fraction of sp³-hybridized carbons (Fsp3) is 0.800. The second-order valence-electron chi connectivity index (χ2n) is 1.88. The SMILES string of the molecule is [CH2]C(O)COP(=O)(OOC)OOC. The van der Waals surface area contributed by atoms with E-state index in [1.807, 2.05) is 0 Å². The molecule has 79 valence electrons. The van der Waals surface area contributed by atoms with E-state index in [0.717, 1.165) is 14.2 Å². The molecule has 0 rings (SSSR count). The van der Waals surface area contributed by atoms with Crippen LogP contribution in [0.2, 0.25) is 0 Å². The van der Waals surface area contributed by atoms with Crippen LogP contribution in [0.1, 0.15) is 0 Å². The molecule has 1 atom stereocenters. The minimum absolute atomic E-state index is 0.329. The van der Waals surface area contributed by atoms with Gasteiger partial charge < -0.3 is 5.11 Å². The average molecular weight is 215 g/mol. The fourth-order valence-electron chi connectivity index (χ4n) is 0.415. The van der Waals surface area contributed by atoms with Crippen LogP contribution in [0.4, 0.5) is 0 Å². The van der Waals surface area contributed by atoms with Crippen LogP contribution in [0.3, 0.4) is 0 Å². The van der Waals surface area contributed by atoms with Crippen LogP contribution >= 0.6 is 7.82 Å². The summed E-state index contributed by atoms with van der Waals surface area (Å²) in [7, 11) is -1.68. The topological polar surface area (TPSA) is 83.5 Å². The van der Waals surface area contributed by atoms with Gasteiger partial charge in [-0.25, -0.2) is 14.3 Å². The zero-order valence-electron chi connectivity index (χ0n) is 7.34. The Morgan fingerprint density at radius 1 is 1.38 bits per heavy atom. The lowest BCUT2D eigenvalue weighted by molar-refractivity contribution is -0.259. The van der Waals surface area contributed by atoms with Crippen LogP contribution in [0.15, 0.2) is 0 Å². The van der Waals surface area contributed by atoms with Gasteiger partial charge in [-0.3, -0.25) is 4.52 Å². The molecular formula is C5H12O7P. The van der Waals surface area contributed by atoms with Gasteiger partial charge in [-0.05, 0) is 6.92 Å². The van der Waals surface area contributed by atoms with Crippen molar-refractivity contribution in [1.82, 2.24) is 0 Å². The lowest BCUT2D eigenvalue weighted by Crippen LogP contribution is -2.11. The van der Waals surface area contributed by atoms with E-state index < -0.39 is 13.9 Å². The van der Waals surface area contributed by atoms with Crippen molar-refractivity contribution in [3.05, 3.63) is 6.92 Å². The van der Waals surface area contributed by atoms with Crippen LogP contribution in [-0.2, 0) is 28.2 Å². The van der Waals surface area contributed by atoms with Crippen molar-refractivity contribution in [2.24, 2.45) is 0 Å². The van der Waals surface area contributed by atoms with Gasteiger partial charge in [0.25, 0.3) is 0 Å². The Kier molecular flexibility index (Phi) is 6.44. The summed E-state index contributed by atoms with van der Waals surface area (Å²) in [5, 5.41) is 8.70. The largest absolute Gasteiger partial charge is 0.529 e. The first-order chi connectivity index (χ1) is 6.04. The summed E-state index contributed by atoms with van der Waals surface area (Å²) in [5.74, 6) is 0. The van der Waals surface area contributed by atoms with E-state index in [0.29, 0.717) is 0 Å². The minimum Gasteiger partial charge on any atom is -0.391 e. The third-order valence-corrected chi connectivity index (χ3v) is 1.89. The summed E-state index contributed by atoms with van der Waals surface area (Å²) in [5.41, 5.74) is 0. The summed E-state index contributed by atoms with van der Waals surface area (Å²) >= 11 is 0. The van der Waals surface area contributed by atoms with Crippen molar-refractivity contribution < 1.29 is 33.3 Å². The van der Waals surface area contributed by atoms with Gasteiger partial charge in [-0.15, -0.1) is 9.35 Å². The number of hydrogen-bond donors (Lipinski definition) is 1. The zero-order chi connectivity index (χ0) is 10.3. The standard InChI is InChI=1S/C5H12O7P/c1-5(6)4-10-13(7,11-8-2)12-9-3/h5-6H,1,4H2,2-3H3. The molecule has 0 aliphatic carbocycles. The Morgan fingerprint density at radius 2 is 1.85 bits per heavy atom. The molecule has 0 fully saturated rings. The third kappa shape index (κ3) is 6.11. The molecule has 0 amide bonds. The van der Waals surface area contributed by atoms with E-state index in [2.05, 4.69) is 30.6 Å². The molecule has 0 bridgehead atoms. The highest BCUT2D eigenvalue weighted by molar-refractivity contribution is 7.48. The third-order valence-electron chi connectivity index (χ3n) is 0.757. The van der Waals surface area contributed by atoms with Gasteiger partial charge in [0.15, 0.2) is 0 Å². The van der Waals surface area contributed by atoms with E-state index >= 15 is 0 Å². The van der Waals surface area contributed by atoms with Gasteiger partial charge in [0.05, 0.1) is 26.9 Å². The molecule has 0 saturated carbocycles. The molecule has 8 heteroatoms. The lowest BCUT2D eigenvalue weighted by atomic mass is 10.5.